The molecule has 164 valence electrons. The predicted molar refractivity (Wildman–Crippen MR) is 117 cm³/mol. The molecular formula is C23H20ClN3O5. The van der Waals surface area contributed by atoms with Gasteiger partial charge in [-0.3, -0.25) is 9.69 Å². The van der Waals surface area contributed by atoms with Gasteiger partial charge in [0.05, 0.1) is 24.4 Å². The molecule has 2 aromatic heterocycles. The summed E-state index contributed by atoms with van der Waals surface area (Å²) in [6.07, 6.45) is 1.64. The Labute approximate surface area is 189 Å². The maximum atomic E-state index is 12.9. The summed E-state index contributed by atoms with van der Waals surface area (Å²) in [6.45, 7) is 3.74. The van der Waals surface area contributed by atoms with Gasteiger partial charge in [-0.25, -0.2) is 9.59 Å². The van der Waals surface area contributed by atoms with Crippen LogP contribution in [0.15, 0.2) is 52.6 Å². The summed E-state index contributed by atoms with van der Waals surface area (Å²) in [6, 6.07) is 11.8. The Morgan fingerprint density at radius 3 is 2.66 bits per heavy atom. The number of halogens is 1. The van der Waals surface area contributed by atoms with Crippen molar-refractivity contribution in [1.82, 2.24) is 14.8 Å². The van der Waals surface area contributed by atoms with Crippen molar-refractivity contribution in [3.05, 3.63) is 81.7 Å². The van der Waals surface area contributed by atoms with Gasteiger partial charge in [-0.2, -0.15) is 0 Å². The fourth-order valence-electron chi connectivity index (χ4n) is 3.64. The fraction of sp³-hybridized carbons (Fsp3) is 0.174. The molecule has 0 spiro atoms. The van der Waals surface area contributed by atoms with Gasteiger partial charge in [0.2, 0.25) is 5.76 Å². The SMILES string of the molecule is COC(=O)c1ccc(CN2C(=O)N/C(=C\c3cc(C)n(-c4ccccc4Cl)c3C)C2=O)o1. The van der Waals surface area contributed by atoms with E-state index in [-0.39, 0.29) is 23.8 Å². The second kappa shape index (κ2) is 8.39. The minimum atomic E-state index is -0.636. The molecule has 9 heteroatoms. The lowest BCUT2D eigenvalue weighted by Gasteiger charge is -2.11. The van der Waals surface area contributed by atoms with E-state index in [0.29, 0.717) is 5.02 Å². The van der Waals surface area contributed by atoms with Crippen molar-refractivity contribution in [3.63, 3.8) is 0 Å². The van der Waals surface area contributed by atoms with E-state index < -0.39 is 17.9 Å². The highest BCUT2D eigenvalue weighted by Crippen LogP contribution is 2.28. The Morgan fingerprint density at radius 2 is 1.94 bits per heavy atom. The van der Waals surface area contributed by atoms with Gasteiger partial charge in [0.1, 0.15) is 11.5 Å². The second-order valence-corrected chi connectivity index (χ2v) is 7.66. The number of amides is 3. The molecule has 1 aromatic carbocycles. The zero-order chi connectivity index (χ0) is 23.0. The number of rotatable bonds is 5. The van der Waals surface area contributed by atoms with Gasteiger partial charge in [0, 0.05) is 11.4 Å². The van der Waals surface area contributed by atoms with E-state index >= 15 is 0 Å². The predicted octanol–water partition coefficient (Wildman–Crippen LogP) is 4.22. The van der Waals surface area contributed by atoms with Crippen LogP contribution in [0.1, 0.15) is 33.3 Å². The Balaban J connectivity index is 1.60. The molecule has 1 aliphatic heterocycles. The first-order valence-electron chi connectivity index (χ1n) is 9.75. The van der Waals surface area contributed by atoms with Gasteiger partial charge >= 0.3 is 12.0 Å². The summed E-state index contributed by atoms with van der Waals surface area (Å²) < 4.78 is 11.9. The Hall–Kier alpha value is -3.78. The van der Waals surface area contributed by atoms with Gasteiger partial charge in [0.15, 0.2) is 0 Å². The smallest absolute Gasteiger partial charge is 0.373 e. The molecule has 1 N–H and O–H groups in total. The highest BCUT2D eigenvalue weighted by molar-refractivity contribution is 6.32. The lowest BCUT2D eigenvalue weighted by atomic mass is 10.2. The fourth-order valence-corrected chi connectivity index (χ4v) is 3.86. The third-order valence-corrected chi connectivity index (χ3v) is 5.51. The van der Waals surface area contributed by atoms with Crippen LogP contribution in [-0.4, -0.2) is 34.5 Å². The molecule has 3 heterocycles. The number of imide groups is 1. The monoisotopic (exact) mass is 453 g/mol. The standard InChI is InChI=1S/C23H20ClN3O5/c1-13-10-15(14(2)27(13)19-7-5-4-6-17(19)24)11-18-21(28)26(23(30)25-18)12-16-8-9-20(32-16)22(29)31-3/h4-11H,12H2,1-3H3,(H,25,30)/b18-11-. The summed E-state index contributed by atoms with van der Waals surface area (Å²) >= 11 is 6.36. The zero-order valence-corrected chi connectivity index (χ0v) is 18.4. The summed E-state index contributed by atoms with van der Waals surface area (Å²) in [5, 5.41) is 3.21. The van der Waals surface area contributed by atoms with Crippen molar-refractivity contribution in [2.75, 3.05) is 7.11 Å². The number of esters is 1. The van der Waals surface area contributed by atoms with Crippen LogP contribution in [0.5, 0.6) is 0 Å². The van der Waals surface area contributed by atoms with E-state index in [1.165, 1.54) is 19.2 Å². The van der Waals surface area contributed by atoms with Crippen molar-refractivity contribution in [2.45, 2.75) is 20.4 Å². The average Bonchev–Trinajstić information content (AvgIpc) is 3.42. The van der Waals surface area contributed by atoms with Crippen molar-refractivity contribution < 1.29 is 23.5 Å². The molecule has 32 heavy (non-hydrogen) atoms. The molecule has 1 fully saturated rings. The molecular weight excluding hydrogens is 434 g/mol. The highest BCUT2D eigenvalue weighted by Gasteiger charge is 2.34. The molecule has 0 saturated carbocycles. The van der Waals surface area contributed by atoms with E-state index in [1.807, 2.05) is 48.7 Å². The normalized spacial score (nSPS) is 14.9. The molecule has 3 amide bonds. The van der Waals surface area contributed by atoms with Crippen LogP contribution in [-0.2, 0) is 16.1 Å². The number of benzene rings is 1. The van der Waals surface area contributed by atoms with Crippen LogP contribution in [0.2, 0.25) is 5.02 Å². The van der Waals surface area contributed by atoms with Crippen molar-refractivity contribution >= 4 is 35.6 Å². The van der Waals surface area contributed by atoms with E-state index in [0.717, 1.165) is 27.5 Å². The summed E-state index contributed by atoms with van der Waals surface area (Å²) in [7, 11) is 1.24. The number of carbonyl (C=O) groups excluding carboxylic acids is 3. The van der Waals surface area contributed by atoms with Gasteiger partial charge in [-0.15, -0.1) is 0 Å². The van der Waals surface area contributed by atoms with Gasteiger partial charge in [-0.05, 0) is 55.8 Å². The molecule has 8 nitrogen and oxygen atoms in total. The number of ether oxygens (including phenoxy) is 1. The quantitative estimate of drug-likeness (QED) is 0.354. The molecule has 3 aromatic rings. The molecule has 4 rings (SSSR count). The van der Waals surface area contributed by atoms with E-state index in [9.17, 15) is 14.4 Å². The zero-order valence-electron chi connectivity index (χ0n) is 17.6. The summed E-state index contributed by atoms with van der Waals surface area (Å²) in [4.78, 5) is 37.8. The Bertz CT molecular complexity index is 1270. The van der Waals surface area contributed by atoms with Crippen LogP contribution in [0, 0.1) is 13.8 Å². The molecule has 0 radical (unpaired) electrons. The van der Waals surface area contributed by atoms with Crippen molar-refractivity contribution in [3.8, 4) is 5.69 Å². The number of nitrogens with one attached hydrogen (secondary N) is 1. The number of furan rings is 1. The van der Waals surface area contributed by atoms with Crippen LogP contribution >= 0.6 is 11.6 Å². The largest absolute Gasteiger partial charge is 0.463 e. The van der Waals surface area contributed by atoms with Crippen molar-refractivity contribution in [1.29, 1.82) is 0 Å². The van der Waals surface area contributed by atoms with E-state index in [1.54, 1.807) is 6.08 Å². The first-order chi connectivity index (χ1) is 15.3. The average molecular weight is 454 g/mol. The number of hydrogen-bond donors (Lipinski definition) is 1. The van der Waals surface area contributed by atoms with Crippen LogP contribution in [0.25, 0.3) is 11.8 Å². The lowest BCUT2D eigenvalue weighted by Crippen LogP contribution is -2.30. The van der Waals surface area contributed by atoms with E-state index in [4.69, 9.17) is 16.0 Å². The molecule has 0 aliphatic carbocycles. The first-order valence-corrected chi connectivity index (χ1v) is 10.1. The Morgan fingerprint density at radius 1 is 1.19 bits per heavy atom. The van der Waals surface area contributed by atoms with E-state index in [2.05, 4.69) is 10.1 Å². The minimum Gasteiger partial charge on any atom is -0.463 e. The van der Waals surface area contributed by atoms with Gasteiger partial charge in [0.25, 0.3) is 5.91 Å². The van der Waals surface area contributed by atoms with Gasteiger partial charge in [-0.1, -0.05) is 23.7 Å². The second-order valence-electron chi connectivity index (χ2n) is 7.25. The molecule has 0 atom stereocenters. The van der Waals surface area contributed by atoms with Crippen LogP contribution < -0.4 is 5.32 Å². The Kier molecular flexibility index (Phi) is 5.63. The molecule has 0 bridgehead atoms. The minimum absolute atomic E-state index is 0.00247. The maximum Gasteiger partial charge on any atom is 0.373 e. The van der Waals surface area contributed by atoms with Crippen LogP contribution in [0.3, 0.4) is 0 Å². The number of methoxy groups -OCH3 is 1. The number of urea groups is 1. The third-order valence-electron chi connectivity index (χ3n) is 5.19. The van der Waals surface area contributed by atoms with Crippen molar-refractivity contribution in [2.24, 2.45) is 0 Å². The third kappa shape index (κ3) is 3.80. The highest BCUT2D eigenvalue weighted by atomic mass is 35.5. The number of aromatic nitrogens is 1. The number of para-hydroxylation sites is 1. The summed E-state index contributed by atoms with van der Waals surface area (Å²) in [5.74, 6) is -0.846. The topological polar surface area (TPSA) is 93.8 Å². The molecule has 1 saturated heterocycles. The maximum absolute atomic E-state index is 12.9. The molecule has 0 unspecified atom stereocenters. The number of nitrogens with zero attached hydrogens (tertiary/aromatic N) is 2. The van der Waals surface area contributed by atoms with Crippen LogP contribution in [0.4, 0.5) is 4.79 Å². The first kappa shape index (κ1) is 21.5. The molecule has 1 aliphatic rings. The van der Waals surface area contributed by atoms with Gasteiger partial charge < -0.3 is 19.0 Å². The lowest BCUT2D eigenvalue weighted by molar-refractivity contribution is -0.123. The number of hydrogen-bond acceptors (Lipinski definition) is 5. The number of carbonyl (C=O) groups is 3. The summed E-state index contributed by atoms with van der Waals surface area (Å²) in [5.41, 5.74) is 3.56. The number of aryl methyl sites for hydroxylation is 1.